The number of halogens is 1. The van der Waals surface area contributed by atoms with Crippen LogP contribution in [0.4, 0.5) is 4.39 Å². The van der Waals surface area contributed by atoms with Crippen LogP contribution in [0.3, 0.4) is 0 Å². The molecule has 0 unspecified atom stereocenters. The first kappa shape index (κ1) is 21.8. The molecule has 1 N–H and O–H groups in total. The Hall–Kier alpha value is -2.91. The van der Waals surface area contributed by atoms with E-state index in [9.17, 15) is 9.18 Å². The molecule has 30 heavy (non-hydrogen) atoms. The van der Waals surface area contributed by atoms with Gasteiger partial charge >= 0.3 is 5.97 Å². The molecule has 0 fully saturated rings. The van der Waals surface area contributed by atoms with E-state index in [0.29, 0.717) is 23.3 Å². The van der Waals surface area contributed by atoms with Gasteiger partial charge in [0.05, 0.1) is 18.2 Å². The van der Waals surface area contributed by atoms with Gasteiger partial charge in [0.1, 0.15) is 6.61 Å². The van der Waals surface area contributed by atoms with E-state index in [2.05, 4.69) is 10.2 Å². The van der Waals surface area contributed by atoms with Crippen LogP contribution >= 0.6 is 11.8 Å². The van der Waals surface area contributed by atoms with Crippen molar-refractivity contribution in [2.75, 3.05) is 13.7 Å². The molecule has 0 saturated heterocycles. The molecule has 1 aromatic heterocycles. The fraction of sp³-hybridized carbons (Fsp3) is 0.286. The maximum atomic E-state index is 13.8. The van der Waals surface area contributed by atoms with Crippen LogP contribution in [0, 0.1) is 5.82 Å². The summed E-state index contributed by atoms with van der Waals surface area (Å²) in [7, 11) is 1.62. The van der Waals surface area contributed by atoms with Crippen LogP contribution in [0.5, 0.6) is 5.75 Å². The molecule has 3 rings (SSSR count). The zero-order valence-electron chi connectivity index (χ0n) is 16.6. The monoisotopic (exact) mass is 431 g/mol. The summed E-state index contributed by atoms with van der Waals surface area (Å²) in [6, 6.07) is 12.8. The molecule has 0 aliphatic heterocycles. The average molecular weight is 431 g/mol. The Morgan fingerprint density at radius 2 is 1.93 bits per heavy atom. The van der Waals surface area contributed by atoms with Gasteiger partial charge in [-0.3, -0.25) is 4.57 Å². The molecule has 1 heterocycles. The zero-order valence-corrected chi connectivity index (χ0v) is 17.4. The Morgan fingerprint density at radius 1 is 1.20 bits per heavy atom. The van der Waals surface area contributed by atoms with Gasteiger partial charge in [-0.25, -0.2) is 9.18 Å². The molecular weight excluding hydrogens is 409 g/mol. The number of benzene rings is 2. The van der Waals surface area contributed by atoms with Gasteiger partial charge in [0, 0.05) is 12.9 Å². The van der Waals surface area contributed by atoms with Crippen LogP contribution in [-0.2, 0) is 17.1 Å². The number of hydrogen-bond acceptors (Lipinski definition) is 6. The van der Waals surface area contributed by atoms with Crippen LogP contribution < -0.4 is 4.74 Å². The second-order valence-electron chi connectivity index (χ2n) is 6.58. The minimum Gasteiger partial charge on any atom is -0.483 e. The van der Waals surface area contributed by atoms with Gasteiger partial charge in [0.2, 0.25) is 0 Å². The smallest absolute Gasteiger partial charge is 0.335 e. The van der Waals surface area contributed by atoms with Crippen LogP contribution in [0.15, 0.2) is 53.7 Å². The van der Waals surface area contributed by atoms with E-state index < -0.39 is 11.8 Å². The fourth-order valence-corrected chi connectivity index (χ4v) is 3.87. The SMILES string of the molecule is COC[C@H](C)n1c(COc2ccccc2F)nnc1SCc1ccc(C(=O)O)cc1. The number of nitrogens with zero attached hydrogens (tertiary/aromatic N) is 3. The summed E-state index contributed by atoms with van der Waals surface area (Å²) in [5.74, 6) is -0.0910. The van der Waals surface area contributed by atoms with Crippen molar-refractivity contribution in [2.24, 2.45) is 0 Å². The molecule has 2 aromatic carbocycles. The van der Waals surface area contributed by atoms with Crippen molar-refractivity contribution in [1.82, 2.24) is 14.8 Å². The van der Waals surface area contributed by atoms with E-state index in [1.54, 1.807) is 49.6 Å². The van der Waals surface area contributed by atoms with Crippen molar-refractivity contribution < 1.29 is 23.8 Å². The second kappa shape index (κ2) is 10.2. The lowest BCUT2D eigenvalue weighted by atomic mass is 10.1. The third kappa shape index (κ3) is 5.37. The van der Waals surface area contributed by atoms with Crippen molar-refractivity contribution in [3.8, 4) is 5.75 Å². The van der Waals surface area contributed by atoms with Crippen molar-refractivity contribution in [3.05, 3.63) is 71.3 Å². The highest BCUT2D eigenvalue weighted by Crippen LogP contribution is 2.26. The normalized spacial score (nSPS) is 12.0. The lowest BCUT2D eigenvalue weighted by Crippen LogP contribution is -2.16. The standard InChI is InChI=1S/C21H22FN3O4S/c1-14(11-28-2)25-19(12-29-18-6-4-3-5-17(18)22)23-24-21(25)30-13-15-7-9-16(10-8-15)20(26)27/h3-10,14H,11-13H2,1-2H3,(H,26,27)/t14-/m0/s1. The van der Waals surface area contributed by atoms with Gasteiger partial charge in [0.25, 0.3) is 0 Å². The molecule has 7 nitrogen and oxygen atoms in total. The molecule has 0 radical (unpaired) electrons. The Morgan fingerprint density at radius 3 is 2.60 bits per heavy atom. The molecule has 0 amide bonds. The molecule has 0 aliphatic carbocycles. The van der Waals surface area contributed by atoms with E-state index >= 15 is 0 Å². The maximum absolute atomic E-state index is 13.8. The number of ether oxygens (including phenoxy) is 2. The minimum absolute atomic E-state index is 0.0545. The summed E-state index contributed by atoms with van der Waals surface area (Å²) >= 11 is 1.47. The molecule has 0 aliphatic rings. The first-order valence-corrected chi connectivity index (χ1v) is 10.2. The fourth-order valence-electron chi connectivity index (χ4n) is 2.86. The highest BCUT2D eigenvalue weighted by atomic mass is 32.2. The number of carbonyl (C=O) groups is 1. The van der Waals surface area contributed by atoms with Crippen molar-refractivity contribution >= 4 is 17.7 Å². The number of rotatable bonds is 10. The second-order valence-corrected chi connectivity index (χ2v) is 7.53. The summed E-state index contributed by atoms with van der Waals surface area (Å²) in [6.07, 6.45) is 0. The summed E-state index contributed by atoms with van der Waals surface area (Å²) in [6.45, 7) is 2.49. The van der Waals surface area contributed by atoms with E-state index in [-0.39, 0.29) is 24.0 Å². The number of methoxy groups -OCH3 is 1. The van der Waals surface area contributed by atoms with Crippen LogP contribution in [0.2, 0.25) is 0 Å². The minimum atomic E-state index is -0.957. The summed E-state index contributed by atoms with van der Waals surface area (Å²) in [5, 5.41) is 18.2. The molecule has 0 bridgehead atoms. The molecular formula is C21H22FN3O4S. The number of aromatic carboxylic acids is 1. The Labute approximate surface area is 177 Å². The Bertz CT molecular complexity index is 994. The predicted octanol–water partition coefficient (Wildman–Crippen LogP) is 4.19. The van der Waals surface area contributed by atoms with Crippen LogP contribution in [-0.4, -0.2) is 39.6 Å². The lowest BCUT2D eigenvalue weighted by Gasteiger charge is -2.17. The highest BCUT2D eigenvalue weighted by molar-refractivity contribution is 7.98. The maximum Gasteiger partial charge on any atom is 0.335 e. The number of thioether (sulfide) groups is 1. The van der Waals surface area contributed by atoms with E-state index in [0.717, 1.165) is 5.56 Å². The third-order valence-corrected chi connectivity index (χ3v) is 5.36. The summed E-state index contributed by atoms with van der Waals surface area (Å²) in [5.41, 5.74) is 1.20. The number of para-hydroxylation sites is 1. The van der Waals surface area contributed by atoms with Crippen LogP contribution in [0.1, 0.15) is 34.7 Å². The molecule has 0 saturated carbocycles. The molecule has 1 atom stereocenters. The van der Waals surface area contributed by atoms with Gasteiger partial charge in [-0.2, -0.15) is 0 Å². The summed E-state index contributed by atoms with van der Waals surface area (Å²) < 4.78 is 26.6. The van der Waals surface area contributed by atoms with Gasteiger partial charge in [-0.15, -0.1) is 10.2 Å². The van der Waals surface area contributed by atoms with E-state index in [1.807, 2.05) is 11.5 Å². The molecule has 0 spiro atoms. The van der Waals surface area contributed by atoms with Crippen molar-refractivity contribution in [3.63, 3.8) is 0 Å². The quantitative estimate of drug-likeness (QED) is 0.482. The van der Waals surface area contributed by atoms with Gasteiger partial charge < -0.3 is 14.6 Å². The molecule has 9 heteroatoms. The number of carboxylic acid groups (broad SMARTS) is 1. The first-order chi connectivity index (χ1) is 14.5. The van der Waals surface area contributed by atoms with Gasteiger partial charge in [0.15, 0.2) is 22.5 Å². The number of hydrogen-bond donors (Lipinski definition) is 1. The van der Waals surface area contributed by atoms with Gasteiger partial charge in [-0.05, 0) is 36.8 Å². The number of carboxylic acids is 1. The molecule has 3 aromatic rings. The first-order valence-electron chi connectivity index (χ1n) is 9.24. The summed E-state index contributed by atoms with van der Waals surface area (Å²) in [4.78, 5) is 11.0. The van der Waals surface area contributed by atoms with Crippen LogP contribution in [0.25, 0.3) is 0 Å². The lowest BCUT2D eigenvalue weighted by molar-refractivity contribution is 0.0697. The largest absolute Gasteiger partial charge is 0.483 e. The third-order valence-electron chi connectivity index (χ3n) is 4.35. The highest BCUT2D eigenvalue weighted by Gasteiger charge is 2.19. The van der Waals surface area contributed by atoms with E-state index in [1.165, 1.54) is 17.8 Å². The van der Waals surface area contributed by atoms with Crippen molar-refractivity contribution in [1.29, 1.82) is 0 Å². The zero-order chi connectivity index (χ0) is 21.5. The average Bonchev–Trinajstić information content (AvgIpc) is 3.15. The van der Waals surface area contributed by atoms with E-state index in [4.69, 9.17) is 14.6 Å². The topological polar surface area (TPSA) is 86.5 Å². The van der Waals surface area contributed by atoms with Crippen molar-refractivity contribution in [2.45, 2.75) is 30.5 Å². The molecule has 158 valence electrons. The number of aromatic nitrogens is 3. The Kier molecular flexibility index (Phi) is 7.42. The Balaban J connectivity index is 1.75. The predicted molar refractivity (Wildman–Crippen MR) is 110 cm³/mol. The van der Waals surface area contributed by atoms with Gasteiger partial charge in [-0.1, -0.05) is 36.0 Å².